The number of carbonyl (C=O) groups is 6. The summed E-state index contributed by atoms with van der Waals surface area (Å²) in [7, 11) is 3.52. The van der Waals surface area contributed by atoms with Crippen molar-refractivity contribution in [3.8, 4) is 0 Å². The Bertz CT molecular complexity index is 1330. The van der Waals surface area contributed by atoms with E-state index in [2.05, 4.69) is 56.0 Å². The number of aliphatic hydroxyl groups excluding tert-OH is 1. The number of nitrogens with zero attached hydrogens (tertiary/aromatic N) is 1. The number of carbonyl (C=O) groups excluding carboxylic acids is 6. The molecule has 0 bridgehead atoms. The summed E-state index contributed by atoms with van der Waals surface area (Å²) in [6.45, 7) is 10.6. The smallest absolute Gasteiger partial charge is 0.220 e. The molecule has 0 spiro atoms. The van der Waals surface area contributed by atoms with E-state index in [0.29, 0.717) is 97.6 Å². The van der Waals surface area contributed by atoms with Gasteiger partial charge in [0.15, 0.2) is 0 Å². The zero-order chi connectivity index (χ0) is 45.6. The van der Waals surface area contributed by atoms with Crippen molar-refractivity contribution in [3.05, 3.63) is 0 Å². The lowest BCUT2D eigenvalue weighted by Crippen LogP contribution is -2.67. The van der Waals surface area contributed by atoms with E-state index in [4.69, 9.17) is 9.47 Å². The fourth-order valence-electron chi connectivity index (χ4n) is 7.94. The number of rotatable bonds is 35. The van der Waals surface area contributed by atoms with Gasteiger partial charge in [0.05, 0.1) is 24.3 Å². The molecular weight excluding hydrogens is 817 g/mol. The van der Waals surface area contributed by atoms with Crippen molar-refractivity contribution in [2.24, 2.45) is 0 Å². The average molecular weight is 899 g/mol. The summed E-state index contributed by atoms with van der Waals surface area (Å²) in [6.07, 6.45) is 11.4. The Morgan fingerprint density at radius 3 is 1.68 bits per heavy atom. The topological polar surface area (TPSA) is 229 Å². The number of hydrogen-bond donors (Lipinski definition) is 8. The number of likely N-dealkylation sites (N-methyl/N-ethyl adjacent to an activating group) is 1. The first-order valence-electron chi connectivity index (χ1n) is 23.2. The van der Waals surface area contributed by atoms with Gasteiger partial charge in [-0.15, -0.1) is 0 Å². The number of amides is 6. The Morgan fingerprint density at radius 1 is 0.742 bits per heavy atom. The maximum Gasteiger partial charge on any atom is 0.220 e. The second-order valence-corrected chi connectivity index (χ2v) is 18.4. The lowest BCUT2D eigenvalue weighted by Gasteiger charge is -2.43. The van der Waals surface area contributed by atoms with Crippen molar-refractivity contribution in [2.45, 2.75) is 165 Å². The molecule has 2 saturated heterocycles. The third-order valence-electron chi connectivity index (χ3n) is 12.4. The summed E-state index contributed by atoms with van der Waals surface area (Å²) in [5.74, 6) is 0.765. The van der Waals surface area contributed by atoms with Gasteiger partial charge in [-0.25, -0.2) is 0 Å². The zero-order valence-corrected chi connectivity index (χ0v) is 39.4. The fraction of sp³-hybridized carbons (Fsp3) is 0.864. The lowest BCUT2D eigenvalue weighted by atomic mass is 9.77. The van der Waals surface area contributed by atoms with E-state index in [0.717, 1.165) is 82.8 Å². The summed E-state index contributed by atoms with van der Waals surface area (Å²) < 4.78 is 10.4. The van der Waals surface area contributed by atoms with E-state index < -0.39 is 6.10 Å². The van der Waals surface area contributed by atoms with Crippen molar-refractivity contribution >= 4 is 47.7 Å². The Hall–Kier alpha value is -3.03. The van der Waals surface area contributed by atoms with Crippen LogP contribution >= 0.6 is 11.8 Å². The van der Waals surface area contributed by atoms with E-state index in [-0.39, 0.29) is 58.0 Å². The van der Waals surface area contributed by atoms with Crippen LogP contribution in [0.3, 0.4) is 0 Å². The molecule has 2 fully saturated rings. The standard InChI is InChI=1S/C44H82N8O9S/c1-34-42(59)35(22-30-61-34)51-41(58)21-13-9-8-11-18-38(55)47-24-28-52(27-23-46-37(54)17-10-6-7-12-19-40(57)49-26-31-60-5)29-25-48-39(56)20-15-14-16-36-44(3,50-33-53)43(2,45-4)32-62-36/h33-36,42,45,59H,6-32H2,1-5H3,(H,46,54)(H,47,55)(H,48,56)(H,49,57)(H,50,53)(H,51,58)/t34-,35-,36?,42+,43+,44-/m0/s1. The van der Waals surface area contributed by atoms with Crippen LogP contribution in [0.2, 0.25) is 0 Å². The molecule has 2 aliphatic heterocycles. The number of methoxy groups -OCH3 is 1. The van der Waals surface area contributed by atoms with Crippen molar-refractivity contribution < 1.29 is 43.3 Å². The second-order valence-electron chi connectivity index (χ2n) is 17.2. The highest BCUT2D eigenvalue weighted by Gasteiger charge is 2.54. The largest absolute Gasteiger partial charge is 0.388 e. The average Bonchev–Trinajstić information content (AvgIpc) is 3.49. The van der Waals surface area contributed by atoms with Crippen molar-refractivity contribution in [1.29, 1.82) is 0 Å². The van der Waals surface area contributed by atoms with E-state index >= 15 is 0 Å². The summed E-state index contributed by atoms with van der Waals surface area (Å²) in [5, 5.41) is 31.7. The Balaban J connectivity index is 1.70. The Morgan fingerprint density at radius 2 is 1.21 bits per heavy atom. The summed E-state index contributed by atoms with van der Waals surface area (Å²) in [6, 6.07) is -0.279. The van der Waals surface area contributed by atoms with Crippen LogP contribution in [0, 0.1) is 0 Å². The molecule has 358 valence electrons. The van der Waals surface area contributed by atoms with Crippen LogP contribution in [0.4, 0.5) is 0 Å². The van der Waals surface area contributed by atoms with Crippen molar-refractivity contribution in [1.82, 2.24) is 42.1 Å². The van der Waals surface area contributed by atoms with Gasteiger partial charge in [0, 0.05) is 108 Å². The molecular formula is C44H82N8O9S. The van der Waals surface area contributed by atoms with Crippen molar-refractivity contribution in [2.75, 3.05) is 78.9 Å². The Kier molecular flexibility index (Phi) is 28.2. The predicted molar refractivity (Wildman–Crippen MR) is 244 cm³/mol. The van der Waals surface area contributed by atoms with Gasteiger partial charge in [-0.3, -0.25) is 33.7 Å². The number of ether oxygens (including phenoxy) is 2. The molecule has 0 aromatic heterocycles. The minimum Gasteiger partial charge on any atom is -0.388 e. The molecule has 0 aromatic carbocycles. The summed E-state index contributed by atoms with van der Waals surface area (Å²) in [4.78, 5) is 75.7. The maximum atomic E-state index is 12.8. The molecule has 18 heteroatoms. The van der Waals surface area contributed by atoms with Crippen LogP contribution < -0.4 is 37.2 Å². The van der Waals surface area contributed by atoms with Crippen LogP contribution in [0.15, 0.2) is 0 Å². The molecule has 0 aromatic rings. The van der Waals surface area contributed by atoms with Crippen LogP contribution in [0.1, 0.15) is 130 Å². The van der Waals surface area contributed by atoms with Gasteiger partial charge in [0.1, 0.15) is 6.10 Å². The molecule has 6 atom stereocenters. The van der Waals surface area contributed by atoms with E-state index in [1.807, 2.05) is 18.8 Å². The molecule has 0 saturated carbocycles. The highest BCUT2D eigenvalue weighted by molar-refractivity contribution is 8.00. The monoisotopic (exact) mass is 899 g/mol. The maximum absolute atomic E-state index is 12.8. The molecule has 2 aliphatic rings. The molecule has 8 N–H and O–H groups in total. The normalized spacial score (nSPS) is 23.4. The molecule has 62 heavy (non-hydrogen) atoms. The van der Waals surface area contributed by atoms with Crippen LogP contribution in [-0.2, 0) is 38.2 Å². The lowest BCUT2D eigenvalue weighted by molar-refractivity contribution is -0.127. The molecule has 0 radical (unpaired) electrons. The predicted octanol–water partition coefficient (Wildman–Crippen LogP) is 1.89. The van der Waals surface area contributed by atoms with Gasteiger partial charge in [-0.1, -0.05) is 32.1 Å². The van der Waals surface area contributed by atoms with Gasteiger partial charge in [0.25, 0.3) is 0 Å². The van der Waals surface area contributed by atoms with E-state index in [9.17, 15) is 33.9 Å². The minimum atomic E-state index is -0.702. The SMILES string of the molecule is CN[C@]1(C)CSC(CCCCC(=O)NCCN(CCNC(=O)CCCCCCC(=O)NCCOC)CCNC(=O)CCCCCCC(=O)N[C@H]2CCO[C@@H](C)[C@H]2O)[C@]1(C)NC=O. The number of thioether (sulfide) groups is 1. The van der Waals surface area contributed by atoms with Gasteiger partial charge in [0.2, 0.25) is 35.9 Å². The van der Waals surface area contributed by atoms with Crippen LogP contribution in [-0.4, -0.2) is 159 Å². The van der Waals surface area contributed by atoms with E-state index in [1.165, 1.54) is 0 Å². The van der Waals surface area contributed by atoms with Gasteiger partial charge in [-0.05, 0) is 72.8 Å². The van der Waals surface area contributed by atoms with Gasteiger partial charge >= 0.3 is 0 Å². The van der Waals surface area contributed by atoms with Gasteiger partial charge in [-0.2, -0.15) is 11.8 Å². The number of hydrogen-bond acceptors (Lipinski definition) is 12. The van der Waals surface area contributed by atoms with Crippen molar-refractivity contribution in [3.63, 3.8) is 0 Å². The number of aliphatic hydroxyl groups is 1. The van der Waals surface area contributed by atoms with E-state index in [1.54, 1.807) is 14.0 Å². The quantitative estimate of drug-likeness (QED) is 0.0337. The Labute approximate surface area is 375 Å². The third kappa shape index (κ3) is 21.6. The zero-order valence-electron chi connectivity index (χ0n) is 38.5. The molecule has 2 heterocycles. The highest BCUT2D eigenvalue weighted by atomic mass is 32.2. The second kappa shape index (κ2) is 31.8. The number of unbranched alkanes of at least 4 members (excludes halogenated alkanes) is 7. The molecule has 2 rings (SSSR count). The minimum absolute atomic E-state index is 0.0143. The first-order chi connectivity index (χ1) is 29.8. The first-order valence-corrected chi connectivity index (χ1v) is 24.2. The summed E-state index contributed by atoms with van der Waals surface area (Å²) in [5.41, 5.74) is -0.607. The van der Waals surface area contributed by atoms with Gasteiger partial charge < -0.3 is 51.8 Å². The first kappa shape index (κ1) is 55.1. The molecule has 6 amide bonds. The molecule has 17 nitrogen and oxygen atoms in total. The molecule has 1 unspecified atom stereocenters. The highest BCUT2D eigenvalue weighted by Crippen LogP contribution is 2.45. The van der Waals surface area contributed by atoms with Crippen LogP contribution in [0.5, 0.6) is 0 Å². The number of nitrogens with one attached hydrogen (secondary N) is 7. The fourth-order valence-corrected chi connectivity index (χ4v) is 9.91. The molecule has 0 aliphatic carbocycles. The third-order valence-corrected chi connectivity index (χ3v) is 14.3. The van der Waals surface area contributed by atoms with Crippen LogP contribution in [0.25, 0.3) is 0 Å². The summed E-state index contributed by atoms with van der Waals surface area (Å²) >= 11 is 1.86.